The molecule has 1 saturated heterocycles. The molecule has 1 unspecified atom stereocenters. The quantitative estimate of drug-likeness (QED) is 0.518. The van der Waals surface area contributed by atoms with Crippen LogP contribution in [0, 0.1) is 18.3 Å². The maximum absolute atomic E-state index is 15.0. The van der Waals surface area contributed by atoms with E-state index in [0.717, 1.165) is 5.69 Å². The Morgan fingerprint density at radius 1 is 1.27 bits per heavy atom. The second-order valence-electron chi connectivity index (χ2n) is 7.72. The number of pyridine rings is 1. The van der Waals surface area contributed by atoms with Crippen molar-refractivity contribution in [1.29, 1.82) is 5.26 Å². The summed E-state index contributed by atoms with van der Waals surface area (Å²) in [7, 11) is 1.68. The maximum atomic E-state index is 15.0. The van der Waals surface area contributed by atoms with Crippen molar-refractivity contribution in [3.05, 3.63) is 47.7 Å². The van der Waals surface area contributed by atoms with E-state index < -0.39 is 12.0 Å². The molecule has 3 aromatic heterocycles. The van der Waals surface area contributed by atoms with Gasteiger partial charge in [0.25, 0.3) is 5.92 Å². The Kier molecular flexibility index (Phi) is 4.04. The minimum Gasteiger partial charge on any atom is -0.315 e. The van der Waals surface area contributed by atoms with Gasteiger partial charge in [0.15, 0.2) is 0 Å². The Morgan fingerprint density at radius 2 is 2.10 bits per heavy atom. The molecule has 152 valence electrons. The highest BCUT2D eigenvalue weighted by Crippen LogP contribution is 2.40. The number of nitriles is 1. The highest BCUT2D eigenvalue weighted by atomic mass is 19.3. The molecule has 4 aromatic rings. The van der Waals surface area contributed by atoms with Crippen molar-refractivity contribution in [3.8, 4) is 6.07 Å². The Labute approximate surface area is 170 Å². The molecule has 1 aliphatic heterocycles. The van der Waals surface area contributed by atoms with Crippen molar-refractivity contribution in [2.45, 2.75) is 25.4 Å². The second-order valence-corrected chi connectivity index (χ2v) is 7.72. The van der Waals surface area contributed by atoms with E-state index in [9.17, 15) is 5.26 Å². The fourth-order valence-electron chi connectivity index (χ4n) is 4.16. The van der Waals surface area contributed by atoms with Gasteiger partial charge >= 0.3 is 0 Å². The molecule has 30 heavy (non-hydrogen) atoms. The van der Waals surface area contributed by atoms with E-state index in [1.807, 2.05) is 6.92 Å². The smallest absolute Gasteiger partial charge is 0.282 e. The van der Waals surface area contributed by atoms with Gasteiger partial charge in [0, 0.05) is 11.9 Å². The number of hydrogen-bond acceptors (Lipinski definition) is 6. The number of likely N-dealkylation sites (N-methyl/N-ethyl adjacent to an activating group) is 1. The van der Waals surface area contributed by atoms with Gasteiger partial charge in [0.05, 0.1) is 47.3 Å². The van der Waals surface area contributed by atoms with Crippen LogP contribution in [0.15, 0.2) is 30.6 Å². The molecule has 10 heteroatoms. The number of nitrogens with zero attached hydrogens (tertiary/aromatic N) is 8. The van der Waals surface area contributed by atoms with Crippen LogP contribution in [-0.2, 0) is 6.54 Å². The summed E-state index contributed by atoms with van der Waals surface area (Å²) in [6, 6.07) is 6.07. The summed E-state index contributed by atoms with van der Waals surface area (Å²) in [5.41, 5.74) is 2.84. The number of rotatable bonds is 3. The minimum absolute atomic E-state index is 0.151. The molecule has 0 amide bonds. The number of aryl methyl sites for hydroxylation is 1. The SMILES string of the molecule is Cc1cnn(Cc2nc3cnc4ccc(C#N)cc4c3n2C2CN(C)CC2(F)F)n1. The summed E-state index contributed by atoms with van der Waals surface area (Å²) in [4.78, 5) is 12.1. The first kappa shape index (κ1) is 18.6. The lowest BCUT2D eigenvalue weighted by molar-refractivity contribution is -0.0202. The third-order valence-electron chi connectivity index (χ3n) is 5.42. The van der Waals surface area contributed by atoms with Gasteiger partial charge in [0.2, 0.25) is 0 Å². The number of alkyl halides is 2. The van der Waals surface area contributed by atoms with Gasteiger partial charge < -0.3 is 4.57 Å². The molecule has 0 N–H and O–H groups in total. The van der Waals surface area contributed by atoms with Gasteiger partial charge in [-0.1, -0.05) is 0 Å². The van der Waals surface area contributed by atoms with Crippen LogP contribution in [0.4, 0.5) is 8.78 Å². The molecule has 0 bridgehead atoms. The Balaban J connectivity index is 1.80. The normalized spacial score (nSPS) is 19.0. The standard InChI is InChI=1S/C20H18F2N8/c1-12-7-25-29(27-12)10-18-26-16-8-24-15-4-3-13(6-23)5-14(15)19(16)30(18)17-9-28(2)11-20(17,21)22/h3-5,7-8,17H,9-11H2,1-2H3. The van der Waals surface area contributed by atoms with Gasteiger partial charge in [-0.15, -0.1) is 0 Å². The monoisotopic (exact) mass is 408 g/mol. The second kappa shape index (κ2) is 6.53. The van der Waals surface area contributed by atoms with E-state index in [2.05, 4.69) is 26.2 Å². The fraction of sp³-hybridized carbons (Fsp3) is 0.350. The van der Waals surface area contributed by atoms with Crippen LogP contribution in [0.3, 0.4) is 0 Å². The lowest BCUT2D eigenvalue weighted by Gasteiger charge is -2.22. The van der Waals surface area contributed by atoms with E-state index in [1.54, 1.807) is 47.1 Å². The zero-order valence-corrected chi connectivity index (χ0v) is 16.4. The number of halogens is 2. The fourth-order valence-corrected chi connectivity index (χ4v) is 4.16. The average Bonchev–Trinajstić information content (AvgIpc) is 3.35. The van der Waals surface area contributed by atoms with Crippen LogP contribution in [0.5, 0.6) is 0 Å². The van der Waals surface area contributed by atoms with E-state index >= 15 is 8.78 Å². The first-order valence-corrected chi connectivity index (χ1v) is 9.48. The van der Waals surface area contributed by atoms with E-state index in [4.69, 9.17) is 0 Å². The zero-order chi connectivity index (χ0) is 21.0. The van der Waals surface area contributed by atoms with Crippen molar-refractivity contribution in [2.75, 3.05) is 20.1 Å². The highest BCUT2D eigenvalue weighted by Gasteiger charge is 2.49. The van der Waals surface area contributed by atoms with E-state index in [0.29, 0.717) is 33.3 Å². The molecule has 0 radical (unpaired) electrons. The van der Waals surface area contributed by atoms with Gasteiger partial charge in [-0.05, 0) is 32.2 Å². The average molecular weight is 408 g/mol. The summed E-state index contributed by atoms with van der Waals surface area (Å²) in [6.45, 7) is 1.81. The van der Waals surface area contributed by atoms with Crippen molar-refractivity contribution in [3.63, 3.8) is 0 Å². The predicted octanol–water partition coefficient (Wildman–Crippen LogP) is 2.53. The molecular formula is C20H18F2N8. The van der Waals surface area contributed by atoms with Crippen LogP contribution >= 0.6 is 0 Å². The van der Waals surface area contributed by atoms with Crippen LogP contribution in [0.1, 0.15) is 23.1 Å². The maximum Gasteiger partial charge on any atom is 0.282 e. The number of fused-ring (bicyclic) bond motifs is 3. The van der Waals surface area contributed by atoms with E-state index in [1.165, 1.54) is 4.80 Å². The van der Waals surface area contributed by atoms with Crippen LogP contribution < -0.4 is 0 Å². The lowest BCUT2D eigenvalue weighted by Crippen LogP contribution is -2.31. The zero-order valence-electron chi connectivity index (χ0n) is 16.4. The number of aromatic nitrogens is 6. The van der Waals surface area contributed by atoms with Crippen molar-refractivity contribution >= 4 is 21.9 Å². The summed E-state index contributed by atoms with van der Waals surface area (Å²) < 4.78 is 31.6. The number of likely N-dealkylation sites (tertiary alicyclic amines) is 1. The molecule has 8 nitrogen and oxygen atoms in total. The lowest BCUT2D eigenvalue weighted by atomic mass is 10.1. The summed E-state index contributed by atoms with van der Waals surface area (Å²) >= 11 is 0. The van der Waals surface area contributed by atoms with Gasteiger partial charge in [0.1, 0.15) is 23.9 Å². The number of imidazole rings is 1. The van der Waals surface area contributed by atoms with Crippen molar-refractivity contribution in [1.82, 2.24) is 34.4 Å². The first-order chi connectivity index (χ1) is 14.4. The number of hydrogen-bond donors (Lipinski definition) is 0. The summed E-state index contributed by atoms with van der Waals surface area (Å²) in [5.74, 6) is -2.51. The largest absolute Gasteiger partial charge is 0.315 e. The topological polar surface area (TPSA) is 88.4 Å². The number of benzene rings is 1. The molecule has 1 aliphatic rings. The Hall–Kier alpha value is -3.45. The van der Waals surface area contributed by atoms with Crippen LogP contribution in [0.2, 0.25) is 0 Å². The van der Waals surface area contributed by atoms with Gasteiger partial charge in [-0.3, -0.25) is 9.88 Å². The summed E-state index contributed by atoms with van der Waals surface area (Å²) in [5, 5.41) is 18.4. The molecule has 0 saturated carbocycles. The first-order valence-electron chi connectivity index (χ1n) is 9.48. The molecular weight excluding hydrogens is 390 g/mol. The van der Waals surface area contributed by atoms with Gasteiger partial charge in [-0.25, -0.2) is 13.8 Å². The van der Waals surface area contributed by atoms with Crippen LogP contribution in [0.25, 0.3) is 21.9 Å². The van der Waals surface area contributed by atoms with Gasteiger partial charge in [-0.2, -0.15) is 20.3 Å². The Bertz CT molecular complexity index is 1320. The molecule has 1 fully saturated rings. The molecule has 1 aromatic carbocycles. The van der Waals surface area contributed by atoms with Crippen molar-refractivity contribution < 1.29 is 8.78 Å². The summed E-state index contributed by atoms with van der Waals surface area (Å²) in [6.07, 6.45) is 3.20. The Morgan fingerprint density at radius 3 is 2.77 bits per heavy atom. The molecule has 5 rings (SSSR count). The molecule has 1 atom stereocenters. The van der Waals surface area contributed by atoms with Crippen molar-refractivity contribution in [2.24, 2.45) is 0 Å². The third kappa shape index (κ3) is 2.90. The molecule has 0 aliphatic carbocycles. The minimum atomic E-state index is -2.94. The highest BCUT2D eigenvalue weighted by molar-refractivity contribution is 6.03. The van der Waals surface area contributed by atoms with E-state index in [-0.39, 0.29) is 19.6 Å². The molecule has 0 spiro atoms. The predicted molar refractivity (Wildman–Crippen MR) is 105 cm³/mol. The molecule has 4 heterocycles. The third-order valence-corrected chi connectivity index (χ3v) is 5.42. The van der Waals surface area contributed by atoms with Crippen LogP contribution in [-0.4, -0.2) is 60.5 Å².